The van der Waals surface area contributed by atoms with Crippen LogP contribution < -0.4 is 5.32 Å². The number of nitrogens with one attached hydrogen (secondary N) is 1. The second-order valence-corrected chi connectivity index (χ2v) is 7.27. The molecule has 1 atom stereocenters. The van der Waals surface area contributed by atoms with Gasteiger partial charge in [0.1, 0.15) is 12.7 Å². The number of hydrogen-bond acceptors (Lipinski definition) is 7. The van der Waals surface area contributed by atoms with Gasteiger partial charge in [-0.2, -0.15) is 13.2 Å². The molecule has 0 unspecified atom stereocenters. The Bertz CT molecular complexity index is 1050. The van der Waals surface area contributed by atoms with Gasteiger partial charge in [0.05, 0.1) is 23.4 Å². The summed E-state index contributed by atoms with van der Waals surface area (Å²) in [6, 6.07) is 12.5. The van der Waals surface area contributed by atoms with Gasteiger partial charge in [-0.15, -0.1) is 0 Å². The predicted molar refractivity (Wildman–Crippen MR) is 107 cm³/mol. The van der Waals surface area contributed by atoms with Crippen molar-refractivity contribution in [3.8, 4) is 0 Å². The number of halogens is 3. The van der Waals surface area contributed by atoms with Crippen LogP contribution in [0.15, 0.2) is 59.6 Å². The molecule has 0 fully saturated rings. The third-order valence-electron chi connectivity index (χ3n) is 3.99. The monoisotopic (exact) mass is 438 g/mol. The quantitative estimate of drug-likeness (QED) is 0.378. The molecule has 3 aromatic rings. The predicted octanol–water partition coefficient (Wildman–Crippen LogP) is 4.10. The molecular weight excluding hydrogens is 421 g/mol. The molecule has 0 aliphatic rings. The van der Waals surface area contributed by atoms with Crippen LogP contribution in [0.2, 0.25) is 0 Å². The lowest BCUT2D eigenvalue weighted by Crippen LogP contribution is -2.22. The number of aliphatic hydroxyl groups is 2. The van der Waals surface area contributed by atoms with Crippen LogP contribution in [-0.4, -0.2) is 46.0 Å². The second-order valence-electron chi connectivity index (χ2n) is 6.16. The Morgan fingerprint density at radius 2 is 1.90 bits per heavy atom. The summed E-state index contributed by atoms with van der Waals surface area (Å²) in [6.45, 7) is -0.922. The maximum atomic E-state index is 12.8. The number of carbonyl (C=O) groups is 1. The number of pyridine rings is 1. The lowest BCUT2D eigenvalue weighted by Gasteiger charge is -2.15. The molecule has 0 saturated heterocycles. The summed E-state index contributed by atoms with van der Waals surface area (Å²) in [5, 5.41) is 21.7. The standard InChI is InChI=1S/C20H17F3N2O4S/c21-20(22,23)30-17-7-3-5-13-16(8-9-24-18(13)17)25-15-6-2-1-4-14(15)19(28)29-11-12(27)10-26/h1-9,12,26-27H,10-11H2,(H,24,25)/t12-/m0/s1. The number of fused-ring (bicyclic) bond motifs is 1. The lowest BCUT2D eigenvalue weighted by molar-refractivity contribution is -0.0327. The zero-order chi connectivity index (χ0) is 21.7. The summed E-state index contributed by atoms with van der Waals surface area (Å²) < 4.78 is 43.5. The van der Waals surface area contributed by atoms with E-state index >= 15 is 0 Å². The molecule has 0 aliphatic heterocycles. The zero-order valence-corrected chi connectivity index (χ0v) is 16.2. The van der Waals surface area contributed by atoms with Crippen LogP contribution in [0.3, 0.4) is 0 Å². The van der Waals surface area contributed by atoms with Crippen molar-refractivity contribution in [3.63, 3.8) is 0 Å². The second kappa shape index (κ2) is 9.33. The van der Waals surface area contributed by atoms with Crippen molar-refractivity contribution in [1.29, 1.82) is 0 Å². The van der Waals surface area contributed by atoms with Crippen molar-refractivity contribution >= 4 is 40.0 Å². The van der Waals surface area contributed by atoms with E-state index in [9.17, 15) is 23.1 Å². The smallest absolute Gasteiger partial charge is 0.446 e. The van der Waals surface area contributed by atoms with Gasteiger partial charge in [-0.25, -0.2) is 4.79 Å². The van der Waals surface area contributed by atoms with Crippen molar-refractivity contribution in [1.82, 2.24) is 4.98 Å². The van der Waals surface area contributed by atoms with Crippen molar-refractivity contribution in [2.45, 2.75) is 16.5 Å². The van der Waals surface area contributed by atoms with Gasteiger partial charge in [0.15, 0.2) is 0 Å². The number of anilines is 2. The number of aliphatic hydroxyl groups excluding tert-OH is 2. The van der Waals surface area contributed by atoms with Crippen LogP contribution >= 0.6 is 11.8 Å². The van der Waals surface area contributed by atoms with E-state index in [0.29, 0.717) is 16.8 Å². The first-order valence-corrected chi connectivity index (χ1v) is 9.55. The summed E-state index contributed by atoms with van der Waals surface area (Å²) in [7, 11) is 0. The van der Waals surface area contributed by atoms with E-state index in [4.69, 9.17) is 9.84 Å². The molecule has 3 rings (SSSR count). The zero-order valence-electron chi connectivity index (χ0n) is 15.4. The summed E-state index contributed by atoms with van der Waals surface area (Å²) >= 11 is -0.244. The molecule has 0 saturated carbocycles. The molecule has 6 nitrogen and oxygen atoms in total. The van der Waals surface area contributed by atoms with Crippen molar-refractivity contribution < 1.29 is 32.9 Å². The van der Waals surface area contributed by atoms with Gasteiger partial charge in [0.2, 0.25) is 0 Å². The van der Waals surface area contributed by atoms with E-state index in [2.05, 4.69) is 10.3 Å². The fourth-order valence-electron chi connectivity index (χ4n) is 2.68. The van der Waals surface area contributed by atoms with Crippen LogP contribution in [-0.2, 0) is 4.74 Å². The van der Waals surface area contributed by atoms with E-state index in [0.717, 1.165) is 0 Å². The minimum absolute atomic E-state index is 0.0330. The summed E-state index contributed by atoms with van der Waals surface area (Å²) in [5.74, 6) is -0.725. The number of aromatic nitrogens is 1. The molecule has 158 valence electrons. The average Bonchev–Trinajstić information content (AvgIpc) is 2.71. The van der Waals surface area contributed by atoms with E-state index < -0.39 is 24.2 Å². The van der Waals surface area contributed by atoms with Gasteiger partial charge in [0, 0.05) is 22.2 Å². The number of rotatable bonds is 7. The Morgan fingerprint density at radius 3 is 2.63 bits per heavy atom. The normalized spacial score (nSPS) is 12.6. The Balaban J connectivity index is 1.92. The average molecular weight is 438 g/mol. The van der Waals surface area contributed by atoms with Crippen LogP contribution in [0.1, 0.15) is 10.4 Å². The topological polar surface area (TPSA) is 91.7 Å². The summed E-state index contributed by atoms with van der Waals surface area (Å²) in [5.41, 5.74) is -3.29. The van der Waals surface area contributed by atoms with E-state index in [-0.39, 0.29) is 34.3 Å². The number of nitrogens with zero attached hydrogens (tertiary/aromatic N) is 1. The van der Waals surface area contributed by atoms with Crippen LogP contribution in [0.4, 0.5) is 24.5 Å². The van der Waals surface area contributed by atoms with Crippen molar-refractivity contribution in [2.24, 2.45) is 0 Å². The van der Waals surface area contributed by atoms with E-state index in [1.54, 1.807) is 30.3 Å². The Morgan fingerprint density at radius 1 is 1.13 bits per heavy atom. The maximum Gasteiger partial charge on any atom is 0.446 e. The van der Waals surface area contributed by atoms with Crippen LogP contribution in [0.5, 0.6) is 0 Å². The molecule has 0 amide bonds. The van der Waals surface area contributed by atoms with Gasteiger partial charge >= 0.3 is 11.5 Å². The van der Waals surface area contributed by atoms with Crippen LogP contribution in [0, 0.1) is 0 Å². The third-order valence-corrected chi connectivity index (χ3v) is 4.77. The number of ether oxygens (including phenoxy) is 1. The molecule has 0 aliphatic carbocycles. The van der Waals surface area contributed by atoms with Crippen molar-refractivity contribution in [2.75, 3.05) is 18.5 Å². The fraction of sp³-hybridized carbons (Fsp3) is 0.200. The molecule has 2 aromatic carbocycles. The lowest BCUT2D eigenvalue weighted by atomic mass is 10.1. The number of esters is 1. The minimum atomic E-state index is -4.45. The Hall–Kier alpha value is -2.82. The van der Waals surface area contributed by atoms with E-state index in [1.807, 2.05) is 0 Å². The molecule has 0 radical (unpaired) electrons. The van der Waals surface area contributed by atoms with Crippen molar-refractivity contribution in [3.05, 3.63) is 60.3 Å². The van der Waals surface area contributed by atoms with Crippen LogP contribution in [0.25, 0.3) is 10.9 Å². The molecule has 10 heteroatoms. The van der Waals surface area contributed by atoms with E-state index in [1.165, 1.54) is 24.4 Å². The number of carbonyl (C=O) groups excluding carboxylic acids is 1. The molecule has 0 spiro atoms. The summed E-state index contributed by atoms with van der Waals surface area (Å²) in [6.07, 6.45) is 0.187. The third kappa shape index (κ3) is 5.41. The molecule has 30 heavy (non-hydrogen) atoms. The largest absolute Gasteiger partial charge is 0.459 e. The number of alkyl halides is 3. The highest BCUT2D eigenvalue weighted by Gasteiger charge is 2.30. The number of hydrogen-bond donors (Lipinski definition) is 3. The summed E-state index contributed by atoms with van der Waals surface area (Å²) in [4.78, 5) is 16.4. The number of thioether (sulfide) groups is 1. The van der Waals surface area contributed by atoms with Gasteiger partial charge in [-0.3, -0.25) is 4.98 Å². The highest BCUT2D eigenvalue weighted by molar-refractivity contribution is 8.00. The highest BCUT2D eigenvalue weighted by atomic mass is 32.2. The number of benzene rings is 2. The fourth-order valence-corrected chi connectivity index (χ4v) is 3.34. The van der Waals surface area contributed by atoms with Gasteiger partial charge in [-0.05, 0) is 36.0 Å². The van der Waals surface area contributed by atoms with Gasteiger partial charge in [-0.1, -0.05) is 24.3 Å². The molecule has 1 heterocycles. The molecular formula is C20H17F3N2O4S. The molecule has 3 N–H and O–H groups in total. The first-order chi connectivity index (χ1) is 14.3. The van der Waals surface area contributed by atoms with Gasteiger partial charge < -0.3 is 20.3 Å². The van der Waals surface area contributed by atoms with Gasteiger partial charge in [0.25, 0.3) is 0 Å². The first kappa shape index (κ1) is 21.9. The molecule has 0 bridgehead atoms. The Labute approximate surface area is 173 Å². The highest BCUT2D eigenvalue weighted by Crippen LogP contribution is 2.41. The molecule has 1 aromatic heterocycles. The Kier molecular flexibility index (Phi) is 6.80. The first-order valence-electron chi connectivity index (χ1n) is 8.74. The minimum Gasteiger partial charge on any atom is -0.459 e. The number of para-hydroxylation sites is 2. The maximum absolute atomic E-state index is 12.8. The SMILES string of the molecule is O=C(OC[C@@H](O)CO)c1ccccc1Nc1ccnc2c(SC(F)(F)F)cccc12.